The maximum Gasteiger partial charge on any atom is 0.417 e. The second kappa shape index (κ2) is 3.68. The predicted molar refractivity (Wildman–Crippen MR) is 61.6 cm³/mol. The highest BCUT2D eigenvalue weighted by atomic mass is 16.4. The Hall–Kier alpha value is -1.75. The Morgan fingerprint density at radius 3 is 2.94 bits per heavy atom. The number of rotatable bonds is 3. The number of hydrogen-bond acceptors (Lipinski definition) is 4. The second-order valence-electron chi connectivity index (χ2n) is 4.39. The summed E-state index contributed by atoms with van der Waals surface area (Å²) in [6, 6.07) is 5.30. The molecule has 0 spiro atoms. The summed E-state index contributed by atoms with van der Waals surface area (Å²) in [7, 11) is 0. The number of nitrogens with one attached hydrogen (secondary N) is 2. The van der Waals surface area contributed by atoms with E-state index in [0.717, 1.165) is 5.69 Å². The number of aromatic amines is 1. The van der Waals surface area contributed by atoms with E-state index in [0.29, 0.717) is 17.6 Å². The Bertz CT molecular complexity index is 548. The van der Waals surface area contributed by atoms with Crippen molar-refractivity contribution >= 4 is 16.8 Å². The van der Waals surface area contributed by atoms with Crippen molar-refractivity contribution in [1.29, 1.82) is 0 Å². The quantitative estimate of drug-likeness (QED) is 0.731. The smallest absolute Gasteiger partial charge is 0.408 e. The first-order valence-corrected chi connectivity index (χ1v) is 5.03. The van der Waals surface area contributed by atoms with Crippen molar-refractivity contribution in [3.63, 3.8) is 0 Å². The minimum atomic E-state index is -0.784. The van der Waals surface area contributed by atoms with Crippen LogP contribution in [0.15, 0.2) is 27.4 Å². The molecule has 0 aliphatic heterocycles. The molecule has 1 heterocycles. The molecule has 16 heavy (non-hydrogen) atoms. The third-order valence-electron chi connectivity index (χ3n) is 2.15. The average molecular weight is 222 g/mol. The molecule has 0 aliphatic rings. The van der Waals surface area contributed by atoms with Crippen LogP contribution in [0.3, 0.4) is 0 Å². The summed E-state index contributed by atoms with van der Waals surface area (Å²) in [5.41, 5.74) is 1.19. The van der Waals surface area contributed by atoms with Crippen LogP contribution in [0.1, 0.15) is 13.8 Å². The molecule has 0 atom stereocenters. The fourth-order valence-corrected chi connectivity index (χ4v) is 1.37. The molecule has 1 aromatic heterocycles. The van der Waals surface area contributed by atoms with Crippen LogP contribution < -0.4 is 11.1 Å². The van der Waals surface area contributed by atoms with Crippen molar-refractivity contribution in [2.75, 3.05) is 11.9 Å². The molecule has 0 unspecified atom stereocenters. The van der Waals surface area contributed by atoms with E-state index in [2.05, 4.69) is 10.3 Å². The van der Waals surface area contributed by atoms with Gasteiger partial charge >= 0.3 is 5.76 Å². The van der Waals surface area contributed by atoms with Crippen molar-refractivity contribution in [3.8, 4) is 0 Å². The second-order valence-corrected chi connectivity index (χ2v) is 4.39. The van der Waals surface area contributed by atoms with Crippen LogP contribution in [0.2, 0.25) is 0 Å². The maximum absolute atomic E-state index is 10.9. The van der Waals surface area contributed by atoms with Crippen molar-refractivity contribution in [1.82, 2.24) is 4.98 Å². The van der Waals surface area contributed by atoms with Crippen LogP contribution in [0.5, 0.6) is 0 Å². The summed E-state index contributed by atoms with van der Waals surface area (Å²) in [4.78, 5) is 13.5. The van der Waals surface area contributed by atoms with Gasteiger partial charge in [-0.3, -0.25) is 4.98 Å². The SMILES string of the molecule is CC(C)(O)CNc1ccc2[nH]c(=O)oc2c1. The summed E-state index contributed by atoms with van der Waals surface area (Å²) in [6.45, 7) is 3.86. The van der Waals surface area contributed by atoms with Crippen molar-refractivity contribution in [3.05, 3.63) is 28.7 Å². The summed E-state index contributed by atoms with van der Waals surface area (Å²) >= 11 is 0. The first-order valence-electron chi connectivity index (χ1n) is 5.03. The fourth-order valence-electron chi connectivity index (χ4n) is 1.37. The van der Waals surface area contributed by atoms with Gasteiger partial charge in [-0.2, -0.15) is 0 Å². The van der Waals surface area contributed by atoms with E-state index in [9.17, 15) is 9.90 Å². The molecule has 86 valence electrons. The van der Waals surface area contributed by atoms with Crippen LogP contribution in [-0.2, 0) is 0 Å². The zero-order valence-electron chi connectivity index (χ0n) is 9.20. The number of aromatic nitrogens is 1. The normalized spacial score (nSPS) is 11.9. The highest BCUT2D eigenvalue weighted by Crippen LogP contribution is 2.16. The number of anilines is 1. The molecule has 2 aromatic rings. The Labute approximate surface area is 92.1 Å². The third kappa shape index (κ3) is 2.43. The first kappa shape index (κ1) is 10.8. The average Bonchev–Trinajstić information content (AvgIpc) is 2.52. The topological polar surface area (TPSA) is 78.3 Å². The van der Waals surface area contributed by atoms with Crippen LogP contribution in [0.4, 0.5) is 5.69 Å². The molecule has 5 nitrogen and oxygen atoms in total. The van der Waals surface area contributed by atoms with Gasteiger partial charge < -0.3 is 14.8 Å². The number of benzene rings is 1. The van der Waals surface area contributed by atoms with E-state index < -0.39 is 11.4 Å². The zero-order chi connectivity index (χ0) is 11.8. The highest BCUT2D eigenvalue weighted by molar-refractivity contribution is 5.76. The van der Waals surface area contributed by atoms with Crippen LogP contribution in [-0.4, -0.2) is 22.2 Å². The van der Waals surface area contributed by atoms with Gasteiger partial charge in [-0.15, -0.1) is 0 Å². The molecular weight excluding hydrogens is 208 g/mol. The number of H-pyrrole nitrogens is 1. The van der Waals surface area contributed by atoms with Gasteiger partial charge in [-0.25, -0.2) is 4.79 Å². The number of hydrogen-bond donors (Lipinski definition) is 3. The molecule has 0 saturated heterocycles. The molecule has 0 bridgehead atoms. The predicted octanol–water partition coefficient (Wildman–Crippen LogP) is 1.30. The van der Waals surface area contributed by atoms with Gasteiger partial charge in [0.15, 0.2) is 5.58 Å². The minimum absolute atomic E-state index is 0.424. The van der Waals surface area contributed by atoms with E-state index in [1.807, 2.05) is 6.07 Å². The highest BCUT2D eigenvalue weighted by Gasteiger charge is 2.11. The minimum Gasteiger partial charge on any atom is -0.408 e. The lowest BCUT2D eigenvalue weighted by molar-refractivity contribution is 0.0945. The van der Waals surface area contributed by atoms with E-state index in [1.54, 1.807) is 26.0 Å². The van der Waals surface area contributed by atoms with Gasteiger partial charge in [0.25, 0.3) is 0 Å². The molecule has 2 rings (SSSR count). The lowest BCUT2D eigenvalue weighted by atomic mass is 10.1. The summed E-state index contributed by atoms with van der Waals surface area (Å²) in [6.07, 6.45) is 0. The molecule has 0 amide bonds. The number of fused-ring (bicyclic) bond motifs is 1. The molecule has 1 aromatic carbocycles. The fraction of sp³-hybridized carbons (Fsp3) is 0.364. The Morgan fingerprint density at radius 2 is 2.25 bits per heavy atom. The van der Waals surface area contributed by atoms with Crippen molar-refractivity contribution in [2.45, 2.75) is 19.4 Å². The zero-order valence-corrected chi connectivity index (χ0v) is 9.20. The lowest BCUT2D eigenvalue weighted by Crippen LogP contribution is -2.29. The molecule has 3 N–H and O–H groups in total. The Morgan fingerprint density at radius 1 is 1.50 bits per heavy atom. The summed E-state index contributed by atoms with van der Waals surface area (Å²) in [5.74, 6) is -0.463. The Balaban J connectivity index is 2.22. The summed E-state index contributed by atoms with van der Waals surface area (Å²) < 4.78 is 4.93. The number of aliphatic hydroxyl groups is 1. The molecule has 5 heteroatoms. The van der Waals surface area contributed by atoms with Gasteiger partial charge in [0, 0.05) is 18.3 Å². The standard InChI is InChI=1S/C11H14N2O3/c1-11(2,15)6-12-7-3-4-8-9(5-7)16-10(14)13-8/h3-5,12,15H,6H2,1-2H3,(H,13,14). The van der Waals surface area contributed by atoms with Gasteiger partial charge in [0.1, 0.15) is 0 Å². The van der Waals surface area contributed by atoms with Gasteiger partial charge in [-0.05, 0) is 26.0 Å². The largest absolute Gasteiger partial charge is 0.417 e. The molecule has 0 fully saturated rings. The van der Waals surface area contributed by atoms with Crippen molar-refractivity contribution < 1.29 is 9.52 Å². The van der Waals surface area contributed by atoms with E-state index in [1.165, 1.54) is 0 Å². The lowest BCUT2D eigenvalue weighted by Gasteiger charge is -2.18. The number of oxazole rings is 1. The van der Waals surface area contributed by atoms with Gasteiger partial charge in [-0.1, -0.05) is 0 Å². The molecule has 0 radical (unpaired) electrons. The van der Waals surface area contributed by atoms with Crippen LogP contribution >= 0.6 is 0 Å². The first-order chi connectivity index (χ1) is 7.44. The summed E-state index contributed by atoms with van der Waals surface area (Å²) in [5, 5.41) is 12.6. The molecule has 0 aliphatic carbocycles. The monoisotopic (exact) mass is 222 g/mol. The van der Waals surface area contributed by atoms with Crippen molar-refractivity contribution in [2.24, 2.45) is 0 Å². The van der Waals surface area contributed by atoms with E-state index in [4.69, 9.17) is 4.42 Å². The van der Waals surface area contributed by atoms with Gasteiger partial charge in [0.2, 0.25) is 0 Å². The van der Waals surface area contributed by atoms with E-state index >= 15 is 0 Å². The van der Waals surface area contributed by atoms with Crippen LogP contribution in [0, 0.1) is 0 Å². The van der Waals surface area contributed by atoms with Gasteiger partial charge in [0.05, 0.1) is 11.1 Å². The van der Waals surface area contributed by atoms with E-state index in [-0.39, 0.29) is 0 Å². The third-order valence-corrected chi connectivity index (χ3v) is 2.15. The Kier molecular flexibility index (Phi) is 2.47. The maximum atomic E-state index is 10.9. The molecular formula is C11H14N2O3. The molecule has 0 saturated carbocycles. The van der Waals surface area contributed by atoms with Crippen LogP contribution in [0.25, 0.3) is 11.1 Å².